The summed E-state index contributed by atoms with van der Waals surface area (Å²) in [6.07, 6.45) is 10.2. The molecule has 0 saturated heterocycles. The first-order valence-corrected chi connectivity index (χ1v) is 9.00. The van der Waals surface area contributed by atoms with Gasteiger partial charge < -0.3 is 5.32 Å². The number of rotatable bonds is 7. The third-order valence-corrected chi connectivity index (χ3v) is 4.38. The highest BCUT2D eigenvalue weighted by Gasteiger charge is 2.08. The molecule has 0 radical (unpaired) electrons. The van der Waals surface area contributed by atoms with E-state index in [4.69, 9.17) is 0 Å². The van der Waals surface area contributed by atoms with E-state index in [0.29, 0.717) is 12.1 Å². The molecule has 1 aromatic carbocycles. The van der Waals surface area contributed by atoms with Gasteiger partial charge in [0.15, 0.2) is 0 Å². The highest BCUT2D eigenvalue weighted by Crippen LogP contribution is 2.18. The second kappa shape index (κ2) is 8.58. The first-order chi connectivity index (χ1) is 12.2. The number of pyridine rings is 1. The van der Waals surface area contributed by atoms with E-state index < -0.39 is 0 Å². The van der Waals surface area contributed by atoms with Crippen LogP contribution in [-0.2, 0) is 11.2 Å². The van der Waals surface area contributed by atoms with E-state index in [1.807, 2.05) is 30.5 Å². The zero-order chi connectivity index (χ0) is 17.5. The molecule has 0 atom stereocenters. The molecule has 0 unspecified atom stereocenters. The van der Waals surface area contributed by atoms with E-state index >= 15 is 0 Å². The first kappa shape index (κ1) is 17.4. The number of benzene rings is 1. The summed E-state index contributed by atoms with van der Waals surface area (Å²) in [4.78, 5) is 16.3. The van der Waals surface area contributed by atoms with Gasteiger partial charge >= 0.3 is 0 Å². The van der Waals surface area contributed by atoms with Crippen molar-refractivity contribution in [3.63, 3.8) is 0 Å². The van der Waals surface area contributed by atoms with Crippen LogP contribution in [0.1, 0.15) is 24.8 Å². The van der Waals surface area contributed by atoms with Gasteiger partial charge in [0.1, 0.15) is 0 Å². The first-order valence-electron chi connectivity index (χ1n) is 8.21. The molecule has 5 nitrogen and oxygen atoms in total. The zero-order valence-corrected chi connectivity index (χ0v) is 15.3. The summed E-state index contributed by atoms with van der Waals surface area (Å²) in [7, 11) is 0. The van der Waals surface area contributed by atoms with Gasteiger partial charge in [-0.25, -0.2) is 4.68 Å². The third-order valence-electron chi connectivity index (χ3n) is 3.86. The molecule has 3 rings (SSSR count). The Labute approximate surface area is 155 Å². The van der Waals surface area contributed by atoms with Crippen molar-refractivity contribution in [2.45, 2.75) is 25.7 Å². The van der Waals surface area contributed by atoms with E-state index in [9.17, 15) is 4.79 Å². The summed E-state index contributed by atoms with van der Waals surface area (Å²) in [5.41, 5.74) is 2.77. The van der Waals surface area contributed by atoms with Crippen molar-refractivity contribution < 1.29 is 4.79 Å². The number of aromatic nitrogens is 3. The molecule has 0 spiro atoms. The fraction of sp³-hybridized carbons (Fsp3) is 0.211. The van der Waals surface area contributed by atoms with Crippen LogP contribution in [-0.4, -0.2) is 20.7 Å². The van der Waals surface area contributed by atoms with E-state index in [-0.39, 0.29) is 5.91 Å². The molecule has 2 aromatic heterocycles. The lowest BCUT2D eigenvalue weighted by Gasteiger charge is -2.10. The Morgan fingerprint density at radius 2 is 1.96 bits per heavy atom. The third kappa shape index (κ3) is 5.00. The fourth-order valence-corrected chi connectivity index (χ4v) is 2.84. The van der Waals surface area contributed by atoms with Crippen LogP contribution in [0.15, 0.2) is 65.7 Å². The largest absolute Gasteiger partial charge is 0.323 e. The van der Waals surface area contributed by atoms with Crippen molar-refractivity contribution in [1.29, 1.82) is 0 Å². The predicted molar refractivity (Wildman–Crippen MR) is 102 cm³/mol. The molecule has 0 aliphatic carbocycles. The Kier molecular flexibility index (Phi) is 5.95. The van der Waals surface area contributed by atoms with Gasteiger partial charge in [0, 0.05) is 29.5 Å². The maximum absolute atomic E-state index is 12.2. The minimum atomic E-state index is -0.00258. The molecule has 0 fully saturated rings. The van der Waals surface area contributed by atoms with Crippen LogP contribution < -0.4 is 5.32 Å². The normalized spacial score (nSPS) is 10.6. The number of carbonyl (C=O) groups is 1. The van der Waals surface area contributed by atoms with Crippen molar-refractivity contribution in [2.24, 2.45) is 0 Å². The molecule has 3 aromatic rings. The molecular formula is C19H19BrN4O. The Balaban J connectivity index is 1.49. The number of halogens is 1. The van der Waals surface area contributed by atoms with Crippen LogP contribution in [0.25, 0.3) is 5.69 Å². The van der Waals surface area contributed by atoms with Gasteiger partial charge in [0.05, 0.1) is 17.6 Å². The van der Waals surface area contributed by atoms with Gasteiger partial charge in [-0.15, -0.1) is 0 Å². The van der Waals surface area contributed by atoms with Crippen LogP contribution in [0.5, 0.6) is 0 Å². The number of amides is 1. The van der Waals surface area contributed by atoms with E-state index in [0.717, 1.165) is 29.4 Å². The highest BCUT2D eigenvalue weighted by atomic mass is 79.9. The van der Waals surface area contributed by atoms with Crippen LogP contribution in [0.4, 0.5) is 5.69 Å². The van der Waals surface area contributed by atoms with Crippen molar-refractivity contribution in [2.75, 3.05) is 5.32 Å². The lowest BCUT2D eigenvalue weighted by molar-refractivity contribution is -0.116. The average Bonchev–Trinajstić information content (AvgIpc) is 3.15. The minimum absolute atomic E-state index is 0.00258. The topological polar surface area (TPSA) is 59.8 Å². The molecule has 0 aliphatic heterocycles. The lowest BCUT2D eigenvalue weighted by atomic mass is 10.1. The number of aryl methyl sites for hydroxylation is 1. The van der Waals surface area contributed by atoms with E-state index in [1.54, 1.807) is 23.3 Å². The molecule has 6 heteroatoms. The number of nitrogens with one attached hydrogen (secondary N) is 1. The standard InChI is InChI=1S/C19H19BrN4O/c20-16-8-6-15(7-9-16)4-1-2-5-19(25)23-17-14-21-12-10-18(17)24-13-3-11-22-24/h3,6-14H,1-2,4-5H2,(H,23,25). The molecular weight excluding hydrogens is 380 g/mol. The monoisotopic (exact) mass is 398 g/mol. The molecule has 0 saturated carbocycles. The van der Waals surface area contributed by atoms with Crippen LogP contribution in [0.3, 0.4) is 0 Å². The Morgan fingerprint density at radius 3 is 2.72 bits per heavy atom. The molecule has 128 valence electrons. The molecule has 1 N–H and O–H groups in total. The van der Waals surface area contributed by atoms with Gasteiger partial charge in [-0.05, 0) is 49.1 Å². The Morgan fingerprint density at radius 1 is 1.12 bits per heavy atom. The van der Waals surface area contributed by atoms with Crippen molar-refractivity contribution in [3.05, 3.63) is 71.2 Å². The van der Waals surface area contributed by atoms with Crippen LogP contribution in [0, 0.1) is 0 Å². The van der Waals surface area contributed by atoms with E-state index in [2.05, 4.69) is 43.5 Å². The number of carbonyl (C=O) groups excluding carboxylic acids is 1. The molecule has 2 heterocycles. The van der Waals surface area contributed by atoms with Gasteiger partial charge in [0.25, 0.3) is 0 Å². The van der Waals surface area contributed by atoms with Crippen LogP contribution >= 0.6 is 15.9 Å². The van der Waals surface area contributed by atoms with Crippen molar-refractivity contribution >= 4 is 27.5 Å². The number of nitrogens with zero attached hydrogens (tertiary/aromatic N) is 3. The maximum Gasteiger partial charge on any atom is 0.224 e. The zero-order valence-electron chi connectivity index (χ0n) is 13.7. The summed E-state index contributed by atoms with van der Waals surface area (Å²) in [5, 5.41) is 7.14. The summed E-state index contributed by atoms with van der Waals surface area (Å²) >= 11 is 3.43. The van der Waals surface area contributed by atoms with Crippen LogP contribution in [0.2, 0.25) is 0 Å². The Bertz CT molecular complexity index is 816. The molecule has 1 amide bonds. The quantitative estimate of drug-likeness (QED) is 0.600. The van der Waals surface area contributed by atoms with Gasteiger partial charge in [-0.1, -0.05) is 28.1 Å². The summed E-state index contributed by atoms with van der Waals surface area (Å²) in [6.45, 7) is 0. The number of anilines is 1. The van der Waals surface area contributed by atoms with Gasteiger partial charge in [-0.2, -0.15) is 5.10 Å². The maximum atomic E-state index is 12.2. The predicted octanol–water partition coefficient (Wildman–Crippen LogP) is 4.38. The lowest BCUT2D eigenvalue weighted by Crippen LogP contribution is -2.13. The highest BCUT2D eigenvalue weighted by molar-refractivity contribution is 9.10. The average molecular weight is 399 g/mol. The van der Waals surface area contributed by atoms with Gasteiger partial charge in [0.2, 0.25) is 5.91 Å². The second-order valence-corrected chi connectivity index (χ2v) is 6.64. The van der Waals surface area contributed by atoms with Gasteiger partial charge in [-0.3, -0.25) is 9.78 Å². The number of hydrogen-bond acceptors (Lipinski definition) is 3. The van der Waals surface area contributed by atoms with E-state index in [1.165, 1.54) is 5.56 Å². The SMILES string of the molecule is O=C(CCCCc1ccc(Br)cc1)Nc1cnccc1-n1cccn1. The summed E-state index contributed by atoms with van der Waals surface area (Å²) in [5.74, 6) is -0.00258. The Hall–Kier alpha value is -2.47. The van der Waals surface area contributed by atoms with Crippen molar-refractivity contribution in [3.8, 4) is 5.69 Å². The molecule has 25 heavy (non-hydrogen) atoms. The molecule has 0 bridgehead atoms. The summed E-state index contributed by atoms with van der Waals surface area (Å²) in [6, 6.07) is 12.0. The number of hydrogen-bond donors (Lipinski definition) is 1. The number of unbranched alkanes of at least 4 members (excludes halogenated alkanes) is 1. The second-order valence-electron chi connectivity index (χ2n) is 5.73. The minimum Gasteiger partial charge on any atom is -0.323 e. The smallest absolute Gasteiger partial charge is 0.224 e. The fourth-order valence-electron chi connectivity index (χ4n) is 2.57. The molecule has 0 aliphatic rings. The summed E-state index contributed by atoms with van der Waals surface area (Å²) < 4.78 is 2.80. The van der Waals surface area contributed by atoms with Crippen molar-refractivity contribution in [1.82, 2.24) is 14.8 Å².